The van der Waals surface area contributed by atoms with Gasteiger partial charge in [0.15, 0.2) is 0 Å². The van der Waals surface area contributed by atoms with E-state index in [0.29, 0.717) is 6.61 Å². The number of unbranched alkanes of at least 4 members (excludes halogenated alkanes) is 3. The molecule has 0 atom stereocenters. The Morgan fingerprint density at radius 1 is 0.958 bits per heavy atom. The molecule has 0 radical (unpaired) electrons. The summed E-state index contributed by atoms with van der Waals surface area (Å²) in [6.07, 6.45) is 5.62. The molecule has 6 nitrogen and oxygen atoms in total. The lowest BCUT2D eigenvalue weighted by Crippen LogP contribution is -1.89. The monoisotopic (exact) mass is 393 g/mol. The summed E-state index contributed by atoms with van der Waals surface area (Å²) in [5, 5.41) is 8.71. The summed E-state index contributed by atoms with van der Waals surface area (Å²) in [6, 6.07) is 8.62. The Hall–Kier alpha value is -0.580. The number of thioether (sulfide) groups is 2. The van der Waals surface area contributed by atoms with Crippen molar-refractivity contribution in [2.24, 2.45) is 4.99 Å². The van der Waals surface area contributed by atoms with Crippen LogP contribution in [0.1, 0.15) is 31.2 Å². The van der Waals surface area contributed by atoms with Gasteiger partial charge in [0.2, 0.25) is 0 Å². The molecule has 0 aliphatic carbocycles. The second-order valence-corrected chi connectivity index (χ2v) is 8.40. The Morgan fingerprint density at radius 2 is 1.50 bits per heavy atom. The first-order valence-electron chi connectivity index (χ1n) is 7.62. The van der Waals surface area contributed by atoms with Gasteiger partial charge < -0.3 is 5.11 Å². The van der Waals surface area contributed by atoms with E-state index < -0.39 is 10.4 Å². The zero-order valence-electron chi connectivity index (χ0n) is 13.3. The van der Waals surface area contributed by atoms with Crippen molar-refractivity contribution in [3.63, 3.8) is 0 Å². The molecule has 1 aromatic rings. The number of aliphatic hydroxyl groups excluding tert-OH is 1. The zero-order chi connectivity index (χ0) is 17.8. The van der Waals surface area contributed by atoms with Crippen LogP contribution in [0.5, 0.6) is 0 Å². The highest BCUT2D eigenvalue weighted by molar-refractivity contribution is 8.41. The second kappa shape index (κ2) is 11.9. The first-order valence-corrected chi connectivity index (χ1v) is 11.0. The van der Waals surface area contributed by atoms with Crippen molar-refractivity contribution >= 4 is 44.0 Å². The first-order chi connectivity index (χ1) is 11.4. The molecule has 2 rings (SSSR count). The molecule has 1 saturated heterocycles. The Kier molecular flexibility index (Phi) is 10.6. The Labute approximate surface area is 151 Å². The van der Waals surface area contributed by atoms with Crippen molar-refractivity contribution in [2.75, 3.05) is 18.1 Å². The summed E-state index contributed by atoms with van der Waals surface area (Å²) in [5.41, 5.74) is 2.46. The molecule has 0 bridgehead atoms. The topological polar surface area (TPSA) is 107 Å². The van der Waals surface area contributed by atoms with Crippen molar-refractivity contribution < 1.29 is 22.6 Å². The lowest BCUT2D eigenvalue weighted by Gasteiger charge is -2.02. The SMILES string of the molecule is O=S(=O)(O)O.OCCCCCCc1ccc(N=C2SCCS2)cc1. The van der Waals surface area contributed by atoms with Crippen LogP contribution in [0.3, 0.4) is 0 Å². The molecule has 136 valence electrons. The molecule has 0 amide bonds. The number of hydrogen-bond donors (Lipinski definition) is 3. The number of hydrogen-bond acceptors (Lipinski definition) is 6. The quantitative estimate of drug-likeness (QED) is 0.480. The van der Waals surface area contributed by atoms with Gasteiger partial charge in [-0.25, -0.2) is 4.99 Å². The van der Waals surface area contributed by atoms with E-state index in [1.54, 1.807) is 0 Å². The minimum Gasteiger partial charge on any atom is -0.396 e. The number of aliphatic imine (C=N–C) groups is 1. The van der Waals surface area contributed by atoms with Gasteiger partial charge in [0, 0.05) is 18.1 Å². The highest BCUT2D eigenvalue weighted by atomic mass is 32.3. The molecule has 0 saturated carbocycles. The van der Waals surface area contributed by atoms with Crippen LogP contribution in [-0.2, 0) is 16.8 Å². The van der Waals surface area contributed by atoms with Crippen molar-refractivity contribution in [3.05, 3.63) is 29.8 Å². The van der Waals surface area contributed by atoms with Crippen LogP contribution in [-0.4, -0.2) is 45.1 Å². The molecular weight excluding hydrogens is 370 g/mol. The lowest BCUT2D eigenvalue weighted by molar-refractivity contribution is 0.282. The van der Waals surface area contributed by atoms with Gasteiger partial charge in [-0.3, -0.25) is 9.11 Å². The normalized spacial score (nSPS) is 14.2. The van der Waals surface area contributed by atoms with Crippen molar-refractivity contribution in [1.29, 1.82) is 0 Å². The largest absolute Gasteiger partial charge is 0.396 e. The molecule has 1 aromatic carbocycles. The standard InChI is InChI=1S/C15H21NOS2.H2O4S/c17-10-4-2-1-3-5-13-6-8-14(9-7-13)16-15-18-11-12-19-15;1-5(2,3)4/h6-9,17H,1-5,10-12H2;(H2,1,2,3,4). The van der Waals surface area contributed by atoms with Crippen LogP contribution in [0, 0.1) is 0 Å². The summed E-state index contributed by atoms with van der Waals surface area (Å²) in [5.74, 6) is 2.38. The minimum absolute atomic E-state index is 0.324. The maximum atomic E-state index is 8.74. The average molecular weight is 394 g/mol. The van der Waals surface area contributed by atoms with E-state index in [1.807, 2.05) is 23.5 Å². The van der Waals surface area contributed by atoms with E-state index >= 15 is 0 Å². The van der Waals surface area contributed by atoms with Gasteiger partial charge in [0.1, 0.15) is 4.38 Å². The first kappa shape index (κ1) is 21.5. The molecular formula is C15H23NO5S3. The minimum atomic E-state index is -4.67. The van der Waals surface area contributed by atoms with E-state index in [-0.39, 0.29) is 0 Å². The van der Waals surface area contributed by atoms with Crippen molar-refractivity contribution in [2.45, 2.75) is 32.1 Å². The highest BCUT2D eigenvalue weighted by Gasteiger charge is 2.09. The summed E-state index contributed by atoms with van der Waals surface area (Å²) in [7, 11) is -4.67. The van der Waals surface area contributed by atoms with Crippen LogP contribution < -0.4 is 0 Å². The fourth-order valence-corrected chi connectivity index (χ4v) is 4.19. The van der Waals surface area contributed by atoms with Crippen molar-refractivity contribution in [1.82, 2.24) is 0 Å². The maximum absolute atomic E-state index is 8.74. The molecule has 0 aromatic heterocycles. The van der Waals surface area contributed by atoms with Crippen LogP contribution in [0.15, 0.2) is 29.3 Å². The van der Waals surface area contributed by atoms with Crippen LogP contribution >= 0.6 is 23.5 Å². The zero-order valence-corrected chi connectivity index (χ0v) is 15.7. The molecule has 0 unspecified atom stereocenters. The molecule has 1 aliphatic rings. The highest BCUT2D eigenvalue weighted by Crippen LogP contribution is 2.29. The third-order valence-corrected chi connectivity index (χ3v) is 5.52. The number of benzene rings is 1. The van der Waals surface area contributed by atoms with Gasteiger partial charge in [0.25, 0.3) is 0 Å². The second-order valence-electron chi connectivity index (χ2n) is 5.08. The maximum Gasteiger partial charge on any atom is 0.394 e. The lowest BCUT2D eigenvalue weighted by atomic mass is 10.1. The van der Waals surface area contributed by atoms with Gasteiger partial charge in [-0.2, -0.15) is 8.42 Å². The van der Waals surface area contributed by atoms with E-state index in [9.17, 15) is 0 Å². The third-order valence-electron chi connectivity index (χ3n) is 3.06. The van der Waals surface area contributed by atoms with Gasteiger partial charge in [-0.15, -0.1) is 0 Å². The fraction of sp³-hybridized carbons (Fsp3) is 0.533. The Balaban J connectivity index is 0.000000505. The molecule has 3 N–H and O–H groups in total. The number of aliphatic hydroxyl groups is 1. The predicted octanol–water partition coefficient (Wildman–Crippen LogP) is 3.60. The number of aryl methyl sites for hydroxylation is 1. The fourth-order valence-electron chi connectivity index (χ4n) is 2.00. The Morgan fingerprint density at radius 3 is 2.04 bits per heavy atom. The predicted molar refractivity (Wildman–Crippen MR) is 102 cm³/mol. The van der Waals surface area contributed by atoms with Gasteiger partial charge in [-0.05, 0) is 37.0 Å². The molecule has 24 heavy (non-hydrogen) atoms. The summed E-state index contributed by atoms with van der Waals surface area (Å²) >= 11 is 3.71. The number of nitrogens with zero attached hydrogens (tertiary/aromatic N) is 1. The molecule has 1 aliphatic heterocycles. The van der Waals surface area contributed by atoms with E-state index in [4.69, 9.17) is 22.6 Å². The molecule has 9 heteroatoms. The molecule has 1 heterocycles. The van der Waals surface area contributed by atoms with Crippen molar-refractivity contribution in [3.8, 4) is 0 Å². The van der Waals surface area contributed by atoms with Crippen LogP contribution in [0.2, 0.25) is 0 Å². The van der Waals surface area contributed by atoms with E-state index in [1.165, 1.54) is 34.3 Å². The summed E-state index contributed by atoms with van der Waals surface area (Å²) < 4.78 is 32.8. The Bertz CT molecular complexity index is 586. The van der Waals surface area contributed by atoms with E-state index in [2.05, 4.69) is 29.3 Å². The summed E-state index contributed by atoms with van der Waals surface area (Å²) in [6.45, 7) is 0.324. The number of rotatable bonds is 7. The van der Waals surface area contributed by atoms with Gasteiger partial charge in [0.05, 0.1) is 5.69 Å². The van der Waals surface area contributed by atoms with Crippen LogP contribution in [0.4, 0.5) is 5.69 Å². The molecule has 0 spiro atoms. The van der Waals surface area contributed by atoms with E-state index in [0.717, 1.165) is 24.9 Å². The van der Waals surface area contributed by atoms with Gasteiger partial charge in [-0.1, -0.05) is 48.5 Å². The smallest absolute Gasteiger partial charge is 0.394 e. The van der Waals surface area contributed by atoms with Gasteiger partial charge >= 0.3 is 10.4 Å². The molecule has 1 fully saturated rings. The van der Waals surface area contributed by atoms with Crippen LogP contribution in [0.25, 0.3) is 0 Å². The summed E-state index contributed by atoms with van der Waals surface area (Å²) in [4.78, 5) is 4.63. The average Bonchev–Trinajstić information content (AvgIpc) is 3.00. The third kappa shape index (κ3) is 11.9.